The zero-order chi connectivity index (χ0) is 11.7. The number of rotatable bonds is 2. The van der Waals surface area contributed by atoms with Gasteiger partial charge in [0.2, 0.25) is 0 Å². The second kappa shape index (κ2) is 4.22. The van der Waals surface area contributed by atoms with Crippen molar-refractivity contribution in [2.75, 3.05) is 12.0 Å². The van der Waals surface area contributed by atoms with Gasteiger partial charge in [-0.05, 0) is 17.0 Å². The molecule has 1 aromatic carbocycles. The molecule has 0 radical (unpaired) electrons. The van der Waals surface area contributed by atoms with E-state index in [0.29, 0.717) is 13.2 Å². The maximum atomic E-state index is 12.2. The van der Waals surface area contributed by atoms with Crippen LogP contribution in [0.25, 0.3) is 0 Å². The predicted molar refractivity (Wildman–Crippen MR) is 69.1 cm³/mol. The summed E-state index contributed by atoms with van der Waals surface area (Å²) >= 11 is 1.49. The third kappa shape index (κ3) is 1.91. The molecule has 2 aromatic rings. The largest absolute Gasteiger partial charge is 0.366 e. The summed E-state index contributed by atoms with van der Waals surface area (Å²) in [4.78, 5) is 14.8. The Kier molecular flexibility index (Phi) is 2.57. The molecule has 1 N–H and O–H groups in total. The molecule has 0 saturated carbocycles. The van der Waals surface area contributed by atoms with Crippen LogP contribution in [0.4, 0.5) is 5.69 Å². The van der Waals surface area contributed by atoms with Crippen LogP contribution in [-0.4, -0.2) is 17.5 Å². The molecule has 0 unspecified atom stereocenters. The molecule has 1 amide bonds. The summed E-state index contributed by atoms with van der Waals surface area (Å²) in [6.45, 7) is 1.24. The van der Waals surface area contributed by atoms with Gasteiger partial charge in [0.05, 0.1) is 12.4 Å². The molecule has 0 atom stereocenters. The molecule has 4 heteroatoms. The van der Waals surface area contributed by atoms with Crippen molar-refractivity contribution in [2.45, 2.75) is 6.54 Å². The average Bonchev–Trinajstić information content (AvgIpc) is 2.83. The number of hydrogen-bond acceptors (Lipinski definition) is 3. The van der Waals surface area contributed by atoms with Crippen molar-refractivity contribution in [1.29, 1.82) is 0 Å². The molecule has 17 heavy (non-hydrogen) atoms. The van der Waals surface area contributed by atoms with E-state index in [0.717, 1.165) is 16.1 Å². The molecule has 1 aromatic heterocycles. The Morgan fingerprint density at radius 2 is 2.06 bits per heavy atom. The van der Waals surface area contributed by atoms with Crippen LogP contribution in [0, 0.1) is 0 Å². The van der Waals surface area contributed by atoms with Gasteiger partial charge in [-0.1, -0.05) is 30.3 Å². The summed E-state index contributed by atoms with van der Waals surface area (Å²) < 4.78 is 0. The van der Waals surface area contributed by atoms with Crippen LogP contribution in [0.15, 0.2) is 41.8 Å². The van der Waals surface area contributed by atoms with Crippen LogP contribution in [0.1, 0.15) is 15.2 Å². The molecular weight excluding hydrogens is 232 g/mol. The molecular formula is C13H12N2OS. The maximum absolute atomic E-state index is 12.2. The lowest BCUT2D eigenvalue weighted by molar-refractivity contribution is 0.0751. The normalized spacial score (nSPS) is 14.4. The van der Waals surface area contributed by atoms with Crippen LogP contribution in [0.2, 0.25) is 0 Å². The minimum atomic E-state index is 0.123. The number of nitrogens with one attached hydrogen (secondary N) is 1. The molecule has 2 heterocycles. The average molecular weight is 244 g/mol. The Balaban J connectivity index is 1.81. The first kappa shape index (κ1) is 10.4. The van der Waals surface area contributed by atoms with E-state index in [1.807, 2.05) is 46.7 Å². The van der Waals surface area contributed by atoms with Crippen molar-refractivity contribution < 1.29 is 4.79 Å². The van der Waals surface area contributed by atoms with Gasteiger partial charge in [0.1, 0.15) is 4.88 Å². The van der Waals surface area contributed by atoms with E-state index < -0.39 is 0 Å². The second-order valence-electron chi connectivity index (χ2n) is 3.99. The molecule has 1 aliphatic rings. The zero-order valence-electron chi connectivity index (χ0n) is 9.22. The minimum absolute atomic E-state index is 0.123. The topological polar surface area (TPSA) is 32.3 Å². The lowest BCUT2D eigenvalue weighted by atomic mass is 10.2. The number of nitrogens with zero attached hydrogens (tertiary/aromatic N) is 1. The van der Waals surface area contributed by atoms with E-state index in [9.17, 15) is 4.79 Å². The Morgan fingerprint density at radius 3 is 2.88 bits per heavy atom. The van der Waals surface area contributed by atoms with Gasteiger partial charge in [-0.25, -0.2) is 0 Å². The number of benzene rings is 1. The van der Waals surface area contributed by atoms with Crippen LogP contribution in [0.3, 0.4) is 0 Å². The molecule has 0 fully saturated rings. The fraction of sp³-hybridized carbons (Fsp3) is 0.154. The number of carbonyl (C=O) groups excluding carboxylic acids is 1. The summed E-state index contributed by atoms with van der Waals surface area (Å²) in [5.41, 5.74) is 2.12. The van der Waals surface area contributed by atoms with Crippen molar-refractivity contribution in [3.63, 3.8) is 0 Å². The summed E-state index contributed by atoms with van der Waals surface area (Å²) in [7, 11) is 0. The predicted octanol–water partition coefficient (Wildman–Crippen LogP) is 2.77. The summed E-state index contributed by atoms with van der Waals surface area (Å²) in [5.74, 6) is 0.123. The van der Waals surface area contributed by atoms with Gasteiger partial charge in [-0.2, -0.15) is 0 Å². The smallest absolute Gasteiger partial charge is 0.267 e. The van der Waals surface area contributed by atoms with Gasteiger partial charge in [0, 0.05) is 6.54 Å². The van der Waals surface area contributed by atoms with Crippen LogP contribution >= 0.6 is 11.3 Å². The molecule has 0 aliphatic carbocycles. The number of thiophene rings is 1. The SMILES string of the molecule is O=C1c2sccc2NCN1Cc1ccccc1. The maximum Gasteiger partial charge on any atom is 0.267 e. The Labute approximate surface area is 104 Å². The standard InChI is InChI=1S/C13H12N2OS/c16-13-12-11(6-7-17-12)14-9-15(13)8-10-4-2-1-3-5-10/h1-7,14H,8-9H2. The van der Waals surface area contributed by atoms with Crippen molar-refractivity contribution >= 4 is 22.9 Å². The van der Waals surface area contributed by atoms with Gasteiger partial charge in [-0.3, -0.25) is 4.79 Å². The van der Waals surface area contributed by atoms with Crippen molar-refractivity contribution in [1.82, 2.24) is 4.90 Å². The lowest BCUT2D eigenvalue weighted by Gasteiger charge is -2.27. The Morgan fingerprint density at radius 1 is 1.24 bits per heavy atom. The Bertz CT molecular complexity index is 535. The van der Waals surface area contributed by atoms with E-state index in [1.165, 1.54) is 11.3 Å². The van der Waals surface area contributed by atoms with Crippen molar-refractivity contribution in [3.8, 4) is 0 Å². The highest BCUT2D eigenvalue weighted by atomic mass is 32.1. The van der Waals surface area contributed by atoms with Crippen LogP contribution in [0.5, 0.6) is 0 Å². The Hall–Kier alpha value is -1.81. The molecule has 3 nitrogen and oxygen atoms in total. The summed E-state index contributed by atoms with van der Waals surface area (Å²) in [6, 6.07) is 12.0. The van der Waals surface area contributed by atoms with Gasteiger partial charge >= 0.3 is 0 Å². The van der Waals surface area contributed by atoms with Crippen molar-refractivity contribution in [2.24, 2.45) is 0 Å². The van der Waals surface area contributed by atoms with E-state index in [2.05, 4.69) is 5.32 Å². The molecule has 3 rings (SSSR count). The van der Waals surface area contributed by atoms with E-state index in [1.54, 1.807) is 0 Å². The number of carbonyl (C=O) groups is 1. The number of anilines is 1. The summed E-state index contributed by atoms with van der Waals surface area (Å²) in [6.07, 6.45) is 0. The number of amides is 1. The molecule has 1 aliphatic heterocycles. The highest BCUT2D eigenvalue weighted by Crippen LogP contribution is 2.27. The van der Waals surface area contributed by atoms with Crippen LogP contribution < -0.4 is 5.32 Å². The first-order chi connectivity index (χ1) is 8.34. The molecule has 86 valence electrons. The van der Waals surface area contributed by atoms with Gasteiger partial charge in [-0.15, -0.1) is 11.3 Å². The third-order valence-electron chi connectivity index (χ3n) is 2.82. The third-order valence-corrected chi connectivity index (χ3v) is 3.73. The second-order valence-corrected chi connectivity index (χ2v) is 4.90. The number of fused-ring (bicyclic) bond motifs is 1. The lowest BCUT2D eigenvalue weighted by Crippen LogP contribution is -2.38. The zero-order valence-corrected chi connectivity index (χ0v) is 10.0. The van der Waals surface area contributed by atoms with Crippen molar-refractivity contribution in [3.05, 3.63) is 52.2 Å². The van der Waals surface area contributed by atoms with Gasteiger partial charge in [0.25, 0.3) is 5.91 Å². The van der Waals surface area contributed by atoms with E-state index >= 15 is 0 Å². The molecule has 0 bridgehead atoms. The number of hydrogen-bond donors (Lipinski definition) is 1. The highest BCUT2D eigenvalue weighted by Gasteiger charge is 2.24. The quantitative estimate of drug-likeness (QED) is 0.881. The molecule has 0 saturated heterocycles. The first-order valence-corrected chi connectivity index (χ1v) is 6.37. The van der Waals surface area contributed by atoms with Crippen LogP contribution in [-0.2, 0) is 6.54 Å². The van der Waals surface area contributed by atoms with E-state index in [4.69, 9.17) is 0 Å². The molecule has 0 spiro atoms. The summed E-state index contributed by atoms with van der Waals surface area (Å²) in [5, 5.41) is 5.20. The highest BCUT2D eigenvalue weighted by molar-refractivity contribution is 7.12. The van der Waals surface area contributed by atoms with E-state index in [-0.39, 0.29) is 5.91 Å². The minimum Gasteiger partial charge on any atom is -0.366 e. The first-order valence-electron chi connectivity index (χ1n) is 5.49. The fourth-order valence-electron chi connectivity index (χ4n) is 1.94. The fourth-order valence-corrected chi connectivity index (χ4v) is 2.78. The van der Waals surface area contributed by atoms with Gasteiger partial charge < -0.3 is 10.2 Å². The monoisotopic (exact) mass is 244 g/mol. The van der Waals surface area contributed by atoms with Gasteiger partial charge in [0.15, 0.2) is 0 Å².